The predicted molar refractivity (Wildman–Crippen MR) is 90.8 cm³/mol. The highest BCUT2D eigenvalue weighted by molar-refractivity contribution is 6.32. The molecular weight excluding hydrogens is 331 g/mol. The van der Waals surface area contributed by atoms with Crippen LogP contribution in [0.25, 0.3) is 11.4 Å². The Bertz CT molecular complexity index is 960. The fourth-order valence-electron chi connectivity index (χ4n) is 2.63. The molecule has 0 bridgehead atoms. The molecule has 3 aromatic rings. The number of pyridine rings is 1. The highest BCUT2D eigenvalue weighted by Crippen LogP contribution is 2.26. The van der Waals surface area contributed by atoms with Gasteiger partial charge in [-0.25, -0.2) is 14.1 Å². The number of aromatic amines is 1. The molecule has 0 aliphatic carbocycles. The van der Waals surface area contributed by atoms with Crippen molar-refractivity contribution >= 4 is 11.6 Å². The van der Waals surface area contributed by atoms with Crippen molar-refractivity contribution in [1.29, 1.82) is 0 Å². The van der Waals surface area contributed by atoms with Gasteiger partial charge in [-0.15, -0.1) is 0 Å². The number of benzene rings is 1. The molecule has 0 saturated heterocycles. The molecule has 124 valence electrons. The van der Waals surface area contributed by atoms with Crippen molar-refractivity contribution in [1.82, 2.24) is 19.7 Å². The van der Waals surface area contributed by atoms with Gasteiger partial charge in [0.2, 0.25) is 0 Å². The fraction of sp³-hybridized carbons (Fsp3) is 0.235. The van der Waals surface area contributed by atoms with Gasteiger partial charge in [0.15, 0.2) is 5.82 Å². The molecule has 1 aromatic carbocycles. The van der Waals surface area contributed by atoms with Gasteiger partial charge < -0.3 is 4.98 Å². The van der Waals surface area contributed by atoms with Gasteiger partial charge in [-0.2, -0.15) is 5.10 Å². The molecule has 3 rings (SSSR count). The van der Waals surface area contributed by atoms with Gasteiger partial charge >= 0.3 is 0 Å². The van der Waals surface area contributed by atoms with Crippen LogP contribution in [0.15, 0.2) is 29.1 Å². The number of nitrogens with one attached hydrogen (secondary N) is 1. The lowest BCUT2D eigenvalue weighted by Crippen LogP contribution is -2.16. The summed E-state index contributed by atoms with van der Waals surface area (Å²) < 4.78 is 14.7. The zero-order chi connectivity index (χ0) is 17.4. The van der Waals surface area contributed by atoms with Gasteiger partial charge in [-0.1, -0.05) is 23.7 Å². The van der Waals surface area contributed by atoms with Crippen LogP contribution in [0.2, 0.25) is 5.02 Å². The van der Waals surface area contributed by atoms with Crippen LogP contribution in [0.5, 0.6) is 0 Å². The van der Waals surface area contributed by atoms with E-state index in [0.29, 0.717) is 40.0 Å². The van der Waals surface area contributed by atoms with Crippen molar-refractivity contribution in [3.05, 3.63) is 68.1 Å². The summed E-state index contributed by atoms with van der Waals surface area (Å²) in [6.45, 7) is 5.66. The van der Waals surface area contributed by atoms with E-state index in [1.54, 1.807) is 37.6 Å². The zero-order valence-corrected chi connectivity index (χ0v) is 14.3. The van der Waals surface area contributed by atoms with E-state index in [1.165, 1.54) is 12.1 Å². The van der Waals surface area contributed by atoms with Crippen LogP contribution >= 0.6 is 11.6 Å². The molecule has 0 saturated carbocycles. The molecule has 0 aliphatic heterocycles. The number of halogens is 2. The molecule has 24 heavy (non-hydrogen) atoms. The number of hydrogen-bond acceptors (Lipinski definition) is 3. The summed E-state index contributed by atoms with van der Waals surface area (Å²) in [4.78, 5) is 19.5. The van der Waals surface area contributed by atoms with Crippen molar-refractivity contribution in [2.45, 2.75) is 27.3 Å². The Morgan fingerprint density at radius 2 is 1.88 bits per heavy atom. The van der Waals surface area contributed by atoms with Gasteiger partial charge in [0, 0.05) is 5.69 Å². The minimum atomic E-state index is -0.300. The van der Waals surface area contributed by atoms with Crippen molar-refractivity contribution in [2.75, 3.05) is 0 Å². The third-order valence-corrected chi connectivity index (χ3v) is 4.38. The van der Waals surface area contributed by atoms with Crippen LogP contribution in [0, 0.1) is 26.6 Å². The number of H-pyrrole nitrogens is 1. The van der Waals surface area contributed by atoms with Crippen molar-refractivity contribution in [3.8, 4) is 11.4 Å². The van der Waals surface area contributed by atoms with E-state index in [1.807, 2.05) is 0 Å². The minimum absolute atomic E-state index is 0.262. The van der Waals surface area contributed by atoms with Crippen LogP contribution in [0.4, 0.5) is 4.39 Å². The lowest BCUT2D eigenvalue weighted by atomic mass is 10.1. The molecule has 2 aromatic heterocycles. The maximum atomic E-state index is 13.1. The van der Waals surface area contributed by atoms with Crippen LogP contribution in [0.3, 0.4) is 0 Å². The Balaban J connectivity index is 2.12. The Morgan fingerprint density at radius 3 is 2.54 bits per heavy atom. The van der Waals surface area contributed by atoms with Gasteiger partial charge in [-0.05, 0) is 44.0 Å². The first-order valence-corrected chi connectivity index (χ1v) is 7.80. The van der Waals surface area contributed by atoms with Crippen molar-refractivity contribution in [2.24, 2.45) is 0 Å². The van der Waals surface area contributed by atoms with Crippen molar-refractivity contribution in [3.63, 3.8) is 0 Å². The predicted octanol–water partition coefficient (Wildman–Crippen LogP) is 3.40. The van der Waals surface area contributed by atoms with Gasteiger partial charge in [0.1, 0.15) is 11.6 Å². The molecule has 0 unspecified atom stereocenters. The Morgan fingerprint density at radius 1 is 1.21 bits per heavy atom. The Labute approximate surface area is 143 Å². The van der Waals surface area contributed by atoms with E-state index in [9.17, 15) is 9.18 Å². The second kappa shape index (κ2) is 6.20. The second-order valence-corrected chi connectivity index (χ2v) is 6.04. The van der Waals surface area contributed by atoms with Crippen LogP contribution < -0.4 is 5.56 Å². The van der Waals surface area contributed by atoms with Gasteiger partial charge in [0.25, 0.3) is 5.56 Å². The molecule has 0 aliphatic rings. The zero-order valence-electron chi connectivity index (χ0n) is 13.5. The fourth-order valence-corrected chi connectivity index (χ4v) is 2.77. The molecule has 1 N–H and O–H groups in total. The van der Waals surface area contributed by atoms with E-state index < -0.39 is 0 Å². The number of aryl methyl sites for hydroxylation is 2. The lowest BCUT2D eigenvalue weighted by molar-refractivity contribution is 0.624. The number of hydrogen-bond donors (Lipinski definition) is 1. The lowest BCUT2D eigenvalue weighted by Gasteiger charge is -2.10. The summed E-state index contributed by atoms with van der Waals surface area (Å²) in [5, 5.41) is 4.85. The molecule has 0 spiro atoms. The average molecular weight is 347 g/mol. The smallest absolute Gasteiger partial charge is 0.259 e. The quantitative estimate of drug-likeness (QED) is 0.790. The molecular formula is C17H16ClFN4O. The van der Waals surface area contributed by atoms with E-state index in [-0.39, 0.29) is 11.4 Å². The molecule has 0 amide bonds. The topological polar surface area (TPSA) is 63.6 Å². The Hall–Kier alpha value is -2.47. The van der Waals surface area contributed by atoms with Crippen LogP contribution in [0.1, 0.15) is 22.6 Å². The molecule has 2 heterocycles. The van der Waals surface area contributed by atoms with Crippen LogP contribution in [-0.4, -0.2) is 19.7 Å². The largest absolute Gasteiger partial charge is 0.324 e. The number of aromatic nitrogens is 4. The van der Waals surface area contributed by atoms with E-state index in [2.05, 4.69) is 15.1 Å². The number of nitrogens with zero attached hydrogens (tertiary/aromatic N) is 3. The summed E-state index contributed by atoms with van der Waals surface area (Å²) in [6, 6.07) is 6.13. The maximum absolute atomic E-state index is 13.1. The third kappa shape index (κ3) is 2.97. The SMILES string of the molecule is Cc1nc(-c2c(C)c(Cl)c(C)[nH]c2=O)n(Cc2ccc(F)cc2)n1. The first kappa shape index (κ1) is 16.4. The van der Waals surface area contributed by atoms with Crippen molar-refractivity contribution < 1.29 is 4.39 Å². The molecule has 0 radical (unpaired) electrons. The molecule has 7 heteroatoms. The monoisotopic (exact) mass is 346 g/mol. The van der Waals surface area contributed by atoms with E-state index in [4.69, 9.17) is 11.6 Å². The minimum Gasteiger partial charge on any atom is -0.324 e. The molecule has 0 fully saturated rings. The summed E-state index contributed by atoms with van der Waals surface area (Å²) in [5.41, 5.74) is 2.26. The first-order valence-electron chi connectivity index (χ1n) is 7.42. The maximum Gasteiger partial charge on any atom is 0.259 e. The van der Waals surface area contributed by atoms with Gasteiger partial charge in [0.05, 0.1) is 17.1 Å². The van der Waals surface area contributed by atoms with Gasteiger partial charge in [-0.3, -0.25) is 4.79 Å². The third-order valence-electron chi connectivity index (χ3n) is 3.81. The average Bonchev–Trinajstić information content (AvgIpc) is 2.88. The normalized spacial score (nSPS) is 11.0. The molecule has 0 atom stereocenters. The summed E-state index contributed by atoms with van der Waals surface area (Å²) in [6.07, 6.45) is 0. The van der Waals surface area contributed by atoms with Crippen LogP contribution in [-0.2, 0) is 6.54 Å². The molecule has 5 nitrogen and oxygen atoms in total. The first-order chi connectivity index (χ1) is 11.4. The highest BCUT2D eigenvalue weighted by atomic mass is 35.5. The number of rotatable bonds is 3. The summed E-state index contributed by atoms with van der Waals surface area (Å²) in [7, 11) is 0. The standard InChI is InChI=1S/C17H16ClFN4O/c1-9-14(17(24)20-10(2)15(9)18)16-21-11(3)22-23(16)8-12-4-6-13(19)7-5-12/h4-7H,8H2,1-3H3,(H,20,24). The highest BCUT2D eigenvalue weighted by Gasteiger charge is 2.19. The summed E-state index contributed by atoms with van der Waals surface area (Å²) in [5.74, 6) is 0.687. The Kier molecular flexibility index (Phi) is 4.24. The van der Waals surface area contributed by atoms with E-state index in [0.717, 1.165) is 5.56 Å². The summed E-state index contributed by atoms with van der Waals surface area (Å²) >= 11 is 6.27. The van der Waals surface area contributed by atoms with E-state index >= 15 is 0 Å². The second-order valence-electron chi connectivity index (χ2n) is 5.66.